The summed E-state index contributed by atoms with van der Waals surface area (Å²) in [6.07, 6.45) is 4.01. The normalized spacial score (nSPS) is 19.1. The highest BCUT2D eigenvalue weighted by Crippen LogP contribution is 2.27. The molecule has 1 unspecified atom stereocenters. The van der Waals surface area contributed by atoms with Crippen LogP contribution in [0.3, 0.4) is 0 Å². The number of alkyl halides is 1. The molecule has 100 valence electrons. The highest BCUT2D eigenvalue weighted by Gasteiger charge is 2.21. The molecule has 1 aliphatic rings. The molecule has 1 nitrogen and oxygen atoms in total. The second-order valence-corrected chi connectivity index (χ2v) is 5.90. The Bertz CT molecular complexity index is 352. The van der Waals surface area contributed by atoms with Gasteiger partial charge in [0.25, 0.3) is 0 Å². The molecule has 0 radical (unpaired) electrons. The lowest BCUT2D eigenvalue weighted by atomic mass is 9.98. The summed E-state index contributed by atoms with van der Waals surface area (Å²) in [6, 6.07) is 9.43. The van der Waals surface area contributed by atoms with Crippen molar-refractivity contribution in [2.75, 3.05) is 19.0 Å². The van der Waals surface area contributed by atoms with Crippen molar-refractivity contribution in [2.45, 2.75) is 45.1 Å². The van der Waals surface area contributed by atoms with E-state index >= 15 is 0 Å². The Kier molecular flexibility index (Phi) is 5.08. The van der Waals surface area contributed by atoms with Crippen LogP contribution in [0.5, 0.6) is 0 Å². The maximum atomic E-state index is 6.20. The average Bonchev–Trinajstić information content (AvgIpc) is 2.41. The van der Waals surface area contributed by atoms with Gasteiger partial charge in [-0.1, -0.05) is 44.5 Å². The fraction of sp³-hybridized carbons (Fsp3) is 0.625. The molecule has 0 amide bonds. The third-order valence-electron chi connectivity index (χ3n) is 3.97. The van der Waals surface area contributed by atoms with Crippen molar-refractivity contribution in [1.29, 1.82) is 0 Å². The molecule has 1 heterocycles. The van der Waals surface area contributed by atoms with E-state index in [1.807, 2.05) is 0 Å². The molecule has 0 bridgehead atoms. The lowest BCUT2D eigenvalue weighted by molar-refractivity contribution is 0.177. The van der Waals surface area contributed by atoms with E-state index < -0.39 is 0 Å². The predicted molar refractivity (Wildman–Crippen MR) is 79.4 cm³/mol. The molecule has 1 aliphatic heterocycles. The summed E-state index contributed by atoms with van der Waals surface area (Å²) in [7, 11) is 0. The third kappa shape index (κ3) is 3.27. The minimum Gasteiger partial charge on any atom is -0.295 e. The molecule has 0 saturated carbocycles. The zero-order chi connectivity index (χ0) is 13.0. The fourth-order valence-electron chi connectivity index (χ4n) is 2.73. The Morgan fingerprint density at radius 1 is 1.00 bits per heavy atom. The fourth-order valence-corrected chi connectivity index (χ4v) is 3.10. The van der Waals surface area contributed by atoms with E-state index in [1.54, 1.807) is 0 Å². The zero-order valence-corrected chi connectivity index (χ0v) is 12.3. The Labute approximate surface area is 116 Å². The summed E-state index contributed by atoms with van der Waals surface area (Å²) in [5.74, 6) is 1.30. The highest BCUT2D eigenvalue weighted by molar-refractivity contribution is 6.18. The van der Waals surface area contributed by atoms with Gasteiger partial charge in [-0.2, -0.15) is 0 Å². The van der Waals surface area contributed by atoms with E-state index in [0.717, 1.165) is 0 Å². The molecule has 0 aliphatic carbocycles. The van der Waals surface area contributed by atoms with Gasteiger partial charge in [0, 0.05) is 11.9 Å². The van der Waals surface area contributed by atoms with Crippen LogP contribution >= 0.6 is 11.6 Å². The van der Waals surface area contributed by atoms with Crippen molar-refractivity contribution in [3.8, 4) is 0 Å². The number of likely N-dealkylation sites (tertiary alicyclic amines) is 1. The van der Waals surface area contributed by atoms with Gasteiger partial charge in [-0.3, -0.25) is 4.90 Å². The molecule has 2 rings (SSSR count). The van der Waals surface area contributed by atoms with Crippen LogP contribution in [-0.4, -0.2) is 23.9 Å². The molecular formula is C16H24ClN. The minimum absolute atomic E-state index is 0.396. The minimum atomic E-state index is 0.396. The molecule has 1 saturated heterocycles. The summed E-state index contributed by atoms with van der Waals surface area (Å²) < 4.78 is 0. The Morgan fingerprint density at radius 2 is 1.56 bits per heavy atom. The van der Waals surface area contributed by atoms with Gasteiger partial charge in [0.15, 0.2) is 0 Å². The van der Waals surface area contributed by atoms with E-state index in [4.69, 9.17) is 11.6 Å². The molecule has 2 heteroatoms. The average molecular weight is 266 g/mol. The maximum absolute atomic E-state index is 6.20. The number of nitrogens with zero attached hydrogens (tertiary/aromatic N) is 1. The van der Waals surface area contributed by atoms with Crippen LogP contribution in [-0.2, 0) is 0 Å². The van der Waals surface area contributed by atoms with E-state index in [0.29, 0.717) is 17.8 Å². The van der Waals surface area contributed by atoms with Crippen LogP contribution < -0.4 is 0 Å². The van der Waals surface area contributed by atoms with Gasteiger partial charge in [0.05, 0.1) is 0 Å². The van der Waals surface area contributed by atoms with Gasteiger partial charge < -0.3 is 0 Å². The Morgan fingerprint density at radius 3 is 2.06 bits per heavy atom. The molecule has 1 fully saturated rings. The zero-order valence-electron chi connectivity index (χ0n) is 11.5. The van der Waals surface area contributed by atoms with Crippen LogP contribution in [0.1, 0.15) is 56.2 Å². The second-order valence-electron chi connectivity index (χ2n) is 5.59. The quantitative estimate of drug-likeness (QED) is 0.721. The molecule has 1 aromatic carbocycles. The van der Waals surface area contributed by atoms with E-state index in [9.17, 15) is 0 Å². The standard InChI is InChI=1S/C16H24ClN/c1-13(2)14-6-8-15(9-7-14)16(12-17)18-10-4-3-5-11-18/h6-9,13,16H,3-5,10-12H2,1-2H3. The summed E-state index contributed by atoms with van der Waals surface area (Å²) >= 11 is 6.20. The highest BCUT2D eigenvalue weighted by atomic mass is 35.5. The first kappa shape index (κ1) is 13.9. The van der Waals surface area contributed by atoms with Gasteiger partial charge in [0.1, 0.15) is 0 Å². The first-order chi connectivity index (χ1) is 8.72. The summed E-state index contributed by atoms with van der Waals surface area (Å²) in [5, 5.41) is 0. The maximum Gasteiger partial charge on any atom is 0.0483 e. The molecule has 0 spiro atoms. The van der Waals surface area contributed by atoms with Crippen molar-refractivity contribution < 1.29 is 0 Å². The number of hydrogen-bond donors (Lipinski definition) is 0. The number of piperidine rings is 1. The molecule has 18 heavy (non-hydrogen) atoms. The van der Waals surface area contributed by atoms with Crippen molar-refractivity contribution in [1.82, 2.24) is 4.90 Å². The van der Waals surface area contributed by atoms with Crippen LogP contribution in [0, 0.1) is 0 Å². The molecule has 0 N–H and O–H groups in total. The summed E-state index contributed by atoms with van der Waals surface area (Å²) in [5.41, 5.74) is 2.78. The molecule has 1 atom stereocenters. The third-order valence-corrected chi connectivity index (χ3v) is 4.26. The number of rotatable bonds is 4. The van der Waals surface area contributed by atoms with Crippen molar-refractivity contribution in [3.63, 3.8) is 0 Å². The van der Waals surface area contributed by atoms with Crippen molar-refractivity contribution in [2.24, 2.45) is 0 Å². The lowest BCUT2D eigenvalue weighted by Crippen LogP contribution is -2.34. The first-order valence-corrected chi connectivity index (χ1v) is 7.65. The van der Waals surface area contributed by atoms with Gasteiger partial charge in [-0.25, -0.2) is 0 Å². The van der Waals surface area contributed by atoms with Gasteiger partial charge in [-0.15, -0.1) is 11.6 Å². The SMILES string of the molecule is CC(C)c1ccc(C(CCl)N2CCCCC2)cc1. The smallest absolute Gasteiger partial charge is 0.0483 e. The number of halogens is 1. The van der Waals surface area contributed by atoms with E-state index in [1.165, 1.54) is 43.5 Å². The molecule has 0 aromatic heterocycles. The van der Waals surface area contributed by atoms with E-state index in [-0.39, 0.29) is 0 Å². The van der Waals surface area contributed by atoms with Gasteiger partial charge in [-0.05, 0) is 43.0 Å². The predicted octanol–water partition coefficient (Wildman–Crippen LogP) is 4.58. The summed E-state index contributed by atoms with van der Waals surface area (Å²) in [4.78, 5) is 2.54. The topological polar surface area (TPSA) is 3.24 Å². The first-order valence-electron chi connectivity index (χ1n) is 7.12. The van der Waals surface area contributed by atoms with Gasteiger partial charge in [0.2, 0.25) is 0 Å². The van der Waals surface area contributed by atoms with Crippen molar-refractivity contribution in [3.05, 3.63) is 35.4 Å². The second kappa shape index (κ2) is 6.58. The lowest BCUT2D eigenvalue weighted by Gasteiger charge is -2.33. The summed E-state index contributed by atoms with van der Waals surface area (Å²) in [6.45, 7) is 6.87. The molecule has 1 aromatic rings. The van der Waals surface area contributed by atoms with Crippen LogP contribution in [0.25, 0.3) is 0 Å². The number of benzene rings is 1. The van der Waals surface area contributed by atoms with Crippen molar-refractivity contribution >= 4 is 11.6 Å². The Hall–Kier alpha value is -0.530. The van der Waals surface area contributed by atoms with Crippen LogP contribution in [0.4, 0.5) is 0 Å². The largest absolute Gasteiger partial charge is 0.295 e. The molecular weight excluding hydrogens is 242 g/mol. The number of hydrogen-bond acceptors (Lipinski definition) is 1. The van der Waals surface area contributed by atoms with E-state index in [2.05, 4.69) is 43.0 Å². The van der Waals surface area contributed by atoms with Crippen LogP contribution in [0.2, 0.25) is 0 Å². The van der Waals surface area contributed by atoms with Gasteiger partial charge >= 0.3 is 0 Å². The van der Waals surface area contributed by atoms with Crippen LogP contribution in [0.15, 0.2) is 24.3 Å². The monoisotopic (exact) mass is 265 g/mol. The Balaban J connectivity index is 2.11.